The first-order valence-corrected chi connectivity index (χ1v) is 18.1. The maximum absolute atomic E-state index is 14.6. The fourth-order valence-electron chi connectivity index (χ4n) is 10.2. The highest BCUT2D eigenvalue weighted by molar-refractivity contribution is 5.91. The lowest BCUT2D eigenvalue weighted by molar-refractivity contribution is -0.276. The number of aliphatic hydroxyl groups is 1. The van der Waals surface area contributed by atoms with E-state index in [0.717, 1.165) is 34.6 Å². The monoisotopic (exact) mass is 772 g/mol. The predicted octanol–water partition coefficient (Wildman–Crippen LogP) is 2.44. The van der Waals surface area contributed by atoms with Gasteiger partial charge in [-0.3, -0.25) is 28.8 Å². The van der Waals surface area contributed by atoms with Crippen molar-refractivity contribution in [2.24, 2.45) is 34.5 Å². The maximum Gasteiger partial charge on any atom is 0.344 e. The second-order valence-electron chi connectivity index (χ2n) is 16.0. The summed E-state index contributed by atoms with van der Waals surface area (Å²) in [7, 11) is 0. The number of carbonyl (C=O) groups is 8. The van der Waals surface area contributed by atoms with Crippen molar-refractivity contribution in [3.05, 3.63) is 35.9 Å². The van der Waals surface area contributed by atoms with Crippen LogP contribution in [-0.4, -0.2) is 101 Å². The molecule has 0 amide bonds. The third kappa shape index (κ3) is 6.97. The molecule has 0 unspecified atom stereocenters. The average molecular weight is 773 g/mol. The fourth-order valence-corrected chi connectivity index (χ4v) is 10.2. The number of hydrogen-bond acceptors (Lipinski definition) is 16. The van der Waals surface area contributed by atoms with Crippen LogP contribution in [0.1, 0.15) is 85.5 Å². The van der Waals surface area contributed by atoms with Crippen LogP contribution in [0.4, 0.5) is 0 Å². The molecule has 4 aliphatic rings. The lowest BCUT2D eigenvalue weighted by atomic mass is 9.53. The number of rotatable bonds is 9. The van der Waals surface area contributed by atoms with Crippen LogP contribution in [0.3, 0.4) is 0 Å². The van der Waals surface area contributed by atoms with E-state index in [1.54, 1.807) is 39.0 Å². The van der Waals surface area contributed by atoms with Crippen molar-refractivity contribution >= 4 is 47.6 Å². The van der Waals surface area contributed by atoms with E-state index in [9.17, 15) is 43.5 Å². The third-order valence-corrected chi connectivity index (χ3v) is 11.8. The van der Waals surface area contributed by atoms with Gasteiger partial charge in [0.15, 0.2) is 24.4 Å². The molecule has 0 saturated heterocycles. The lowest BCUT2D eigenvalue weighted by Gasteiger charge is -2.58. The zero-order chi connectivity index (χ0) is 41.0. The van der Waals surface area contributed by atoms with Gasteiger partial charge in [0.05, 0.1) is 22.3 Å². The van der Waals surface area contributed by atoms with Crippen LogP contribution in [0.15, 0.2) is 30.3 Å². The van der Waals surface area contributed by atoms with Crippen LogP contribution in [0.2, 0.25) is 0 Å². The van der Waals surface area contributed by atoms with Gasteiger partial charge in [-0.15, -0.1) is 0 Å². The van der Waals surface area contributed by atoms with E-state index in [1.807, 2.05) is 0 Å². The van der Waals surface area contributed by atoms with Gasteiger partial charge in [-0.25, -0.2) is 9.59 Å². The summed E-state index contributed by atoms with van der Waals surface area (Å²) in [6.07, 6.45) is -9.00. The minimum atomic E-state index is -2.38. The molecule has 4 saturated carbocycles. The fraction of sp³-hybridized carbons (Fsp3) is 0.641. The third-order valence-electron chi connectivity index (χ3n) is 11.8. The Balaban J connectivity index is 1.90. The Labute approximate surface area is 317 Å². The van der Waals surface area contributed by atoms with E-state index in [0.29, 0.717) is 0 Å². The summed E-state index contributed by atoms with van der Waals surface area (Å²) in [5.74, 6) is -11.8. The van der Waals surface area contributed by atoms with E-state index < -0.39 is 137 Å². The molecule has 16 nitrogen and oxygen atoms in total. The standard InChI is InChI=1S/C39H48O16/c1-18-15-38(48)28(29(18)54-33(47)24-13-11-10-12-14-24)32(53-26(45)17-49-19(2)40)39(55-23(6)44)16-25-27(31(50-20(3)41)36(7,8)30(25)46)37(9,34(38)51-21(4)42)35(39)52-22(5)43/h10-14,18,25,27-29,31-32,34-35,48H,15-17H2,1-9H3/t18-,25+,27+,28+,29-,31-,32+,34+,35-,37+,38+,39+/m0/s1. The minimum Gasteiger partial charge on any atom is -0.461 e. The molecule has 2 bridgehead atoms. The van der Waals surface area contributed by atoms with Crippen LogP contribution in [-0.2, 0) is 66.7 Å². The van der Waals surface area contributed by atoms with Crippen LogP contribution < -0.4 is 0 Å². The Bertz CT molecular complexity index is 1770. The quantitative estimate of drug-likeness (QED) is 0.281. The minimum absolute atomic E-state index is 0.128. The highest BCUT2D eigenvalue weighted by Crippen LogP contribution is 2.69. The van der Waals surface area contributed by atoms with Crippen molar-refractivity contribution in [3.8, 4) is 0 Å². The number of carbonyl (C=O) groups excluding carboxylic acids is 8. The summed E-state index contributed by atoms with van der Waals surface area (Å²) in [6.45, 7) is 10.6. The number of benzene rings is 1. The van der Waals surface area contributed by atoms with E-state index in [4.69, 9.17) is 33.2 Å². The molecule has 16 heteroatoms. The molecule has 0 aliphatic heterocycles. The van der Waals surface area contributed by atoms with Gasteiger partial charge in [-0.05, 0) is 38.3 Å². The van der Waals surface area contributed by atoms with Crippen LogP contribution >= 0.6 is 0 Å². The molecule has 0 heterocycles. The number of ether oxygens (including phenoxy) is 7. The molecule has 0 spiro atoms. The normalized spacial score (nSPS) is 36.8. The summed E-state index contributed by atoms with van der Waals surface area (Å²) in [4.78, 5) is 106. The van der Waals surface area contributed by atoms with E-state index in [2.05, 4.69) is 0 Å². The van der Waals surface area contributed by atoms with Crippen molar-refractivity contribution < 1.29 is 76.6 Å². The average Bonchev–Trinajstić information content (AvgIpc) is 3.42. The van der Waals surface area contributed by atoms with Crippen LogP contribution in [0.25, 0.3) is 0 Å². The molecule has 12 atom stereocenters. The highest BCUT2D eigenvalue weighted by atomic mass is 16.6. The Hall–Kier alpha value is -4.86. The van der Waals surface area contributed by atoms with Gasteiger partial charge in [0.1, 0.15) is 29.7 Å². The second kappa shape index (κ2) is 14.7. The van der Waals surface area contributed by atoms with Gasteiger partial charge in [-0.1, -0.05) is 32.0 Å². The summed E-state index contributed by atoms with van der Waals surface area (Å²) in [5.41, 5.74) is -8.05. The summed E-state index contributed by atoms with van der Waals surface area (Å²) >= 11 is 0. The number of hydrogen-bond donors (Lipinski definition) is 1. The van der Waals surface area contributed by atoms with Crippen molar-refractivity contribution in [3.63, 3.8) is 0 Å². The molecule has 55 heavy (non-hydrogen) atoms. The van der Waals surface area contributed by atoms with Gasteiger partial charge in [0, 0.05) is 52.9 Å². The summed E-state index contributed by atoms with van der Waals surface area (Å²) in [6, 6.07) is 7.88. The highest BCUT2D eigenvalue weighted by Gasteiger charge is 2.84. The van der Waals surface area contributed by atoms with Crippen molar-refractivity contribution in [1.29, 1.82) is 0 Å². The van der Waals surface area contributed by atoms with E-state index in [1.165, 1.54) is 19.1 Å². The second-order valence-corrected chi connectivity index (χ2v) is 16.0. The Morgan fingerprint density at radius 3 is 1.84 bits per heavy atom. The van der Waals surface area contributed by atoms with Crippen molar-refractivity contribution in [1.82, 2.24) is 0 Å². The van der Waals surface area contributed by atoms with Crippen LogP contribution in [0.5, 0.6) is 0 Å². The predicted molar refractivity (Wildman–Crippen MR) is 184 cm³/mol. The molecule has 0 radical (unpaired) electrons. The summed E-state index contributed by atoms with van der Waals surface area (Å²) in [5, 5.41) is 13.4. The number of Topliss-reactive ketones (excluding diaryl/α,β-unsaturated/α-hetero) is 1. The van der Waals surface area contributed by atoms with Gasteiger partial charge in [-0.2, -0.15) is 0 Å². The van der Waals surface area contributed by atoms with Gasteiger partial charge in [0.2, 0.25) is 0 Å². The Morgan fingerprint density at radius 1 is 0.709 bits per heavy atom. The molecule has 4 fully saturated rings. The van der Waals surface area contributed by atoms with E-state index >= 15 is 0 Å². The van der Waals surface area contributed by atoms with Gasteiger partial charge in [0.25, 0.3) is 0 Å². The molecular formula is C39H48O16. The zero-order valence-electron chi connectivity index (χ0n) is 32.3. The molecule has 1 N–H and O–H groups in total. The summed E-state index contributed by atoms with van der Waals surface area (Å²) < 4.78 is 41.5. The van der Waals surface area contributed by atoms with Crippen molar-refractivity contribution in [2.75, 3.05) is 6.61 Å². The van der Waals surface area contributed by atoms with E-state index in [-0.39, 0.29) is 12.0 Å². The molecule has 0 aromatic heterocycles. The SMILES string of the molecule is CC(=O)OCC(=O)O[C@@H]1[C@H]2[C@@H](OC(=O)c3ccccc3)[C@@H](C)C[C@]2(O)[C@H](OC(C)=O)[C@@]2(C)[C@@H]3[C@@H](C[C@]1(OC(C)=O)[C@H]2OC(C)=O)C(=O)C(C)(C)[C@H]3OC(C)=O. The zero-order valence-corrected chi connectivity index (χ0v) is 32.3. The first-order valence-electron chi connectivity index (χ1n) is 18.1. The molecule has 300 valence electrons. The molecule has 1 aromatic carbocycles. The molecule has 1 aromatic rings. The topological polar surface area (TPSA) is 221 Å². The van der Waals surface area contributed by atoms with Crippen LogP contribution in [0, 0.1) is 34.5 Å². The van der Waals surface area contributed by atoms with Gasteiger partial charge < -0.3 is 38.3 Å². The largest absolute Gasteiger partial charge is 0.461 e. The Kier molecular flexibility index (Phi) is 11.0. The first-order chi connectivity index (χ1) is 25.5. The molecule has 4 aliphatic carbocycles. The number of ketones is 1. The Morgan fingerprint density at radius 2 is 1.29 bits per heavy atom. The van der Waals surface area contributed by atoms with Crippen molar-refractivity contribution in [2.45, 2.75) is 117 Å². The first kappa shape index (κ1) is 41.3. The van der Waals surface area contributed by atoms with Gasteiger partial charge >= 0.3 is 41.8 Å². The smallest absolute Gasteiger partial charge is 0.344 e. The molecule has 5 rings (SSSR count). The number of esters is 7. The number of fused-ring (bicyclic) bond motifs is 5. The maximum atomic E-state index is 14.6. The lowest BCUT2D eigenvalue weighted by Crippen LogP contribution is -2.72. The molecular weight excluding hydrogens is 724 g/mol.